The molecule has 5 rings (SSSR count). The van der Waals surface area contributed by atoms with Gasteiger partial charge in [-0.05, 0) is 25.1 Å². The van der Waals surface area contributed by atoms with E-state index < -0.39 is 0 Å². The van der Waals surface area contributed by atoms with Crippen LogP contribution >= 0.6 is 0 Å². The summed E-state index contributed by atoms with van der Waals surface area (Å²) in [6, 6.07) is 14.5. The van der Waals surface area contributed by atoms with E-state index in [-0.39, 0.29) is 30.4 Å². The Balaban J connectivity index is 0.00000180. The first-order valence-electron chi connectivity index (χ1n) is 12.3. The van der Waals surface area contributed by atoms with Crippen LogP contribution in [0.15, 0.2) is 47.3 Å². The van der Waals surface area contributed by atoms with E-state index in [2.05, 4.69) is 35.3 Å². The molecule has 2 N–H and O–H groups in total. The van der Waals surface area contributed by atoms with Gasteiger partial charge >= 0.3 is 0 Å². The molecular formula is C26H34Cl2N6O2. The summed E-state index contributed by atoms with van der Waals surface area (Å²) in [5.74, 6) is 1.39. The third kappa shape index (κ3) is 5.22. The minimum absolute atomic E-state index is 0. The van der Waals surface area contributed by atoms with Crippen LogP contribution in [0.5, 0.6) is 5.88 Å². The summed E-state index contributed by atoms with van der Waals surface area (Å²) in [4.78, 5) is 26.1. The van der Waals surface area contributed by atoms with E-state index >= 15 is 0 Å². The van der Waals surface area contributed by atoms with Crippen LogP contribution in [0.4, 0.5) is 5.69 Å². The molecule has 0 atom stereocenters. The van der Waals surface area contributed by atoms with Gasteiger partial charge in [0.15, 0.2) is 5.65 Å². The summed E-state index contributed by atoms with van der Waals surface area (Å²) in [5.41, 5.74) is 4.35. The number of methoxy groups -OCH3 is 1. The monoisotopic (exact) mass is 532 g/mol. The lowest BCUT2D eigenvalue weighted by atomic mass is 10.2. The summed E-state index contributed by atoms with van der Waals surface area (Å²) in [5, 5.41) is 0. The largest absolute Gasteiger partial charge is 1.00 e. The topological polar surface area (TPSA) is 70.3 Å². The molecule has 0 amide bonds. The normalized spacial score (nSPS) is 17.5. The maximum Gasteiger partial charge on any atom is 0.277 e. The number of nitrogens with one attached hydrogen (secondary N) is 2. The Bertz CT molecular complexity index is 1360. The molecule has 0 bridgehead atoms. The van der Waals surface area contributed by atoms with Crippen molar-refractivity contribution in [3.05, 3.63) is 64.3 Å². The fraction of sp³-hybridized carbons (Fsp3) is 0.423. The molecule has 4 aromatic rings. The van der Waals surface area contributed by atoms with Gasteiger partial charge < -0.3 is 39.0 Å². The zero-order valence-electron chi connectivity index (χ0n) is 21.1. The Labute approximate surface area is 223 Å². The molecule has 3 aromatic heterocycles. The standard InChI is InChI=1S/C26H32N6O2.2ClH/c1-4-22-27-19(2)24-26(33)31(21-11-12-23(34-3)28-25(21)32(22)24)14-8-13-29-15-17-30(18-16-29)20-9-6-5-7-10-20;;/h5-7,9-12H,4,8,13-18H2,1-3H3;2*1H. The van der Waals surface area contributed by atoms with Crippen LogP contribution in [-0.4, -0.2) is 58.8 Å². The van der Waals surface area contributed by atoms with Gasteiger partial charge in [-0.15, -0.1) is 0 Å². The number of benzene rings is 1. The van der Waals surface area contributed by atoms with E-state index in [1.165, 1.54) is 5.69 Å². The van der Waals surface area contributed by atoms with Crippen molar-refractivity contribution in [3.8, 4) is 5.88 Å². The maximum absolute atomic E-state index is 13.6. The second-order valence-corrected chi connectivity index (χ2v) is 9.13. The highest BCUT2D eigenvalue weighted by Crippen LogP contribution is 2.20. The Morgan fingerprint density at radius 1 is 1.00 bits per heavy atom. The van der Waals surface area contributed by atoms with Gasteiger partial charge in [0.25, 0.3) is 5.56 Å². The van der Waals surface area contributed by atoms with Gasteiger partial charge in [0.2, 0.25) is 5.88 Å². The minimum Gasteiger partial charge on any atom is -1.00 e. The van der Waals surface area contributed by atoms with E-state index in [1.807, 2.05) is 34.9 Å². The molecular weight excluding hydrogens is 499 g/mol. The molecule has 36 heavy (non-hydrogen) atoms. The molecule has 0 saturated carbocycles. The van der Waals surface area contributed by atoms with Crippen LogP contribution in [0.25, 0.3) is 16.7 Å². The second-order valence-electron chi connectivity index (χ2n) is 9.13. The Hall–Kier alpha value is -2.65. The van der Waals surface area contributed by atoms with Crippen LogP contribution in [0.3, 0.4) is 0 Å². The zero-order valence-corrected chi connectivity index (χ0v) is 22.6. The number of rotatable bonds is 7. The Kier molecular flexibility index (Phi) is 9.35. The molecule has 1 aliphatic rings. The predicted octanol–water partition coefficient (Wildman–Crippen LogP) is -5.56. The number of fused-ring (bicyclic) bond motifs is 3. The van der Waals surface area contributed by atoms with E-state index in [1.54, 1.807) is 16.9 Å². The molecule has 10 heteroatoms. The summed E-state index contributed by atoms with van der Waals surface area (Å²) in [7, 11) is 1.61. The molecule has 8 nitrogen and oxygen atoms in total. The Morgan fingerprint density at radius 2 is 1.72 bits per heavy atom. The quantitative estimate of drug-likeness (QED) is 0.249. The average molecular weight is 534 g/mol. The number of pyridine rings is 1. The van der Waals surface area contributed by atoms with E-state index in [4.69, 9.17) is 9.72 Å². The van der Waals surface area contributed by atoms with Crippen molar-refractivity contribution >= 4 is 22.4 Å². The number of para-hydroxylation sites is 1. The highest BCUT2D eigenvalue weighted by molar-refractivity contribution is 5.77. The molecule has 4 heterocycles. The number of hydrogen-bond donors (Lipinski definition) is 2. The van der Waals surface area contributed by atoms with Crippen LogP contribution in [0.2, 0.25) is 0 Å². The number of halogens is 2. The molecule has 0 aliphatic carbocycles. The van der Waals surface area contributed by atoms with Gasteiger partial charge in [-0.2, -0.15) is 4.98 Å². The molecule has 0 unspecified atom stereocenters. The van der Waals surface area contributed by atoms with Crippen molar-refractivity contribution in [2.75, 3.05) is 39.8 Å². The second kappa shape index (κ2) is 12.1. The number of piperazine rings is 1. The molecule has 0 radical (unpaired) electrons. The number of hydrogen-bond acceptors (Lipinski definition) is 4. The molecule has 194 valence electrons. The lowest BCUT2D eigenvalue weighted by molar-refractivity contribution is -0.986. The van der Waals surface area contributed by atoms with E-state index in [0.717, 1.165) is 68.2 Å². The van der Waals surface area contributed by atoms with Crippen LogP contribution in [0.1, 0.15) is 24.9 Å². The molecule has 0 spiro atoms. The lowest BCUT2D eigenvalue weighted by Crippen LogP contribution is -3.26. The highest BCUT2D eigenvalue weighted by atomic mass is 35.5. The summed E-state index contributed by atoms with van der Waals surface area (Å²) >= 11 is 0. The van der Waals surface area contributed by atoms with Crippen molar-refractivity contribution in [2.24, 2.45) is 0 Å². The van der Waals surface area contributed by atoms with Gasteiger partial charge in [-0.25, -0.2) is 4.98 Å². The van der Waals surface area contributed by atoms with Crippen LogP contribution < -0.4 is 44.9 Å². The highest BCUT2D eigenvalue weighted by Gasteiger charge is 2.24. The van der Waals surface area contributed by atoms with Gasteiger partial charge in [-0.3, -0.25) is 14.1 Å². The first-order valence-corrected chi connectivity index (χ1v) is 12.3. The number of aryl methyl sites for hydroxylation is 3. The predicted molar refractivity (Wildman–Crippen MR) is 132 cm³/mol. The van der Waals surface area contributed by atoms with Gasteiger partial charge in [0.05, 0.1) is 24.9 Å². The van der Waals surface area contributed by atoms with Crippen molar-refractivity contribution in [1.29, 1.82) is 0 Å². The zero-order chi connectivity index (χ0) is 23.7. The number of imidazole rings is 1. The van der Waals surface area contributed by atoms with Crippen LogP contribution in [-0.2, 0) is 13.0 Å². The van der Waals surface area contributed by atoms with Gasteiger partial charge in [-0.1, -0.05) is 25.1 Å². The first-order chi connectivity index (χ1) is 16.6. The molecule has 1 aliphatic heterocycles. The molecule has 1 fully saturated rings. The Morgan fingerprint density at radius 3 is 2.39 bits per heavy atom. The van der Waals surface area contributed by atoms with Crippen molar-refractivity contribution in [2.45, 2.75) is 33.2 Å². The maximum atomic E-state index is 13.6. The van der Waals surface area contributed by atoms with E-state index in [0.29, 0.717) is 17.9 Å². The number of aromatic nitrogens is 4. The SMILES string of the molecule is CCc1nc(C)c2c(=O)n(CCC[NH+]3CC[NH+](c4ccccc4)CC3)c3ccc(OC)nc3n12.[Cl-].[Cl-]. The average Bonchev–Trinajstić information content (AvgIpc) is 3.23. The van der Waals surface area contributed by atoms with Gasteiger partial charge in [0, 0.05) is 25.5 Å². The fourth-order valence-electron chi connectivity index (χ4n) is 5.28. The first kappa shape index (κ1) is 27.9. The van der Waals surface area contributed by atoms with Gasteiger partial charge in [0.1, 0.15) is 43.2 Å². The molecule has 1 saturated heterocycles. The third-order valence-corrected chi connectivity index (χ3v) is 7.08. The van der Waals surface area contributed by atoms with E-state index in [9.17, 15) is 4.79 Å². The third-order valence-electron chi connectivity index (χ3n) is 7.08. The summed E-state index contributed by atoms with van der Waals surface area (Å²) in [6.07, 6.45) is 1.67. The fourth-order valence-corrected chi connectivity index (χ4v) is 5.28. The summed E-state index contributed by atoms with van der Waals surface area (Å²) < 4.78 is 9.19. The van der Waals surface area contributed by atoms with Crippen LogP contribution in [0, 0.1) is 6.92 Å². The number of quaternary nitrogens is 2. The number of ether oxygens (including phenoxy) is 1. The number of nitrogens with zero attached hydrogens (tertiary/aromatic N) is 4. The van der Waals surface area contributed by atoms with Crippen molar-refractivity contribution in [1.82, 2.24) is 18.9 Å². The lowest BCUT2D eigenvalue weighted by Gasteiger charge is -2.29. The van der Waals surface area contributed by atoms with Crippen molar-refractivity contribution < 1.29 is 39.4 Å². The molecule has 1 aromatic carbocycles. The minimum atomic E-state index is 0. The smallest absolute Gasteiger partial charge is 0.277 e. The van der Waals surface area contributed by atoms with Crippen molar-refractivity contribution in [3.63, 3.8) is 0 Å². The summed E-state index contributed by atoms with van der Waals surface area (Å²) in [6.45, 7) is 10.3.